The summed E-state index contributed by atoms with van der Waals surface area (Å²) in [5.74, 6) is 0.822. The lowest BCUT2D eigenvalue weighted by Gasteiger charge is -2.43. The van der Waals surface area contributed by atoms with Gasteiger partial charge in [0.15, 0.2) is 0 Å². The van der Waals surface area contributed by atoms with Crippen molar-refractivity contribution in [2.75, 3.05) is 40.4 Å². The van der Waals surface area contributed by atoms with Crippen molar-refractivity contribution in [2.45, 2.75) is 76.9 Å². The van der Waals surface area contributed by atoms with Crippen LogP contribution in [0.1, 0.15) is 71.1 Å². The Hall–Kier alpha value is -2.09. The number of benzene rings is 1. The van der Waals surface area contributed by atoms with Gasteiger partial charge in [0, 0.05) is 61.7 Å². The van der Waals surface area contributed by atoms with Crippen molar-refractivity contribution in [3.05, 3.63) is 35.6 Å². The zero-order chi connectivity index (χ0) is 25.6. The number of piperidine rings is 1. The van der Waals surface area contributed by atoms with Crippen LogP contribution in [0.15, 0.2) is 28.7 Å². The Bertz CT molecular complexity index is 967. The predicted octanol–water partition coefficient (Wildman–Crippen LogP) is 4.76. The predicted molar refractivity (Wildman–Crippen MR) is 141 cm³/mol. The number of rotatable bonds is 10. The number of urea groups is 1. The van der Waals surface area contributed by atoms with Gasteiger partial charge in [0.05, 0.1) is 5.60 Å². The highest BCUT2D eigenvalue weighted by Gasteiger charge is 2.43. The number of aliphatic hydroxyl groups is 1. The molecular weight excluding hydrogens is 442 g/mol. The summed E-state index contributed by atoms with van der Waals surface area (Å²) in [7, 11) is 3.58. The second-order valence-electron chi connectivity index (χ2n) is 11.2. The molecule has 2 aromatic rings. The minimum atomic E-state index is -1.10. The number of hydrogen-bond acceptors (Lipinski definition) is 5. The minimum absolute atomic E-state index is 0.0356. The number of likely N-dealkylation sites (tertiary alicyclic amines) is 1. The van der Waals surface area contributed by atoms with Gasteiger partial charge in [-0.15, -0.1) is 0 Å². The molecule has 1 aromatic carbocycles. The lowest BCUT2D eigenvalue weighted by molar-refractivity contribution is -0.0558. The molecule has 0 aliphatic carbocycles. The summed E-state index contributed by atoms with van der Waals surface area (Å²) in [5.41, 5.74) is 0.363. The molecule has 1 aliphatic rings. The monoisotopic (exact) mass is 487 g/mol. The number of likely N-dealkylation sites (N-methyl/N-ethyl adjacent to an activating group) is 1. The maximum absolute atomic E-state index is 13.0. The third-order valence-corrected chi connectivity index (χ3v) is 7.17. The van der Waals surface area contributed by atoms with Crippen molar-refractivity contribution >= 4 is 17.0 Å². The van der Waals surface area contributed by atoms with Crippen LogP contribution in [-0.4, -0.2) is 62.5 Å². The van der Waals surface area contributed by atoms with E-state index < -0.39 is 5.60 Å². The number of carbonyl (C=O) groups excluding carboxylic acids is 1. The van der Waals surface area contributed by atoms with Gasteiger partial charge in [0.1, 0.15) is 11.3 Å². The summed E-state index contributed by atoms with van der Waals surface area (Å²) in [4.78, 5) is 14.9. The molecular formula is C28H45N3O4. The maximum Gasteiger partial charge on any atom is 0.317 e. The number of fused-ring (bicyclic) bond motifs is 1. The first-order valence-corrected chi connectivity index (χ1v) is 13.0. The molecule has 0 saturated carbocycles. The zero-order valence-electron chi connectivity index (χ0n) is 22.4. The molecule has 0 radical (unpaired) electrons. The first kappa shape index (κ1) is 27.5. The number of amides is 2. The Morgan fingerprint density at radius 1 is 1.31 bits per heavy atom. The Kier molecular flexibility index (Phi) is 9.24. The lowest BCUT2D eigenvalue weighted by atomic mass is 9.73. The van der Waals surface area contributed by atoms with Crippen molar-refractivity contribution in [1.82, 2.24) is 15.5 Å². The summed E-state index contributed by atoms with van der Waals surface area (Å²) in [6.45, 7) is 11.0. The van der Waals surface area contributed by atoms with Crippen molar-refractivity contribution in [1.29, 1.82) is 0 Å². The molecule has 3 unspecified atom stereocenters. The summed E-state index contributed by atoms with van der Waals surface area (Å²) in [5, 5.41) is 19.6. The SMILES string of the molecule is CNCC(C)NC(=O)N1CCCC(C(O)(CCCCOC)c2cccc3cc(C(C)(C)C)oc23)C1. The van der Waals surface area contributed by atoms with E-state index in [0.717, 1.165) is 48.0 Å². The maximum atomic E-state index is 13.0. The normalized spacial score (nSPS) is 19.5. The average molecular weight is 488 g/mol. The van der Waals surface area contributed by atoms with Gasteiger partial charge in [-0.3, -0.25) is 0 Å². The molecule has 1 saturated heterocycles. The van der Waals surface area contributed by atoms with Crippen LogP contribution in [-0.2, 0) is 15.8 Å². The average Bonchev–Trinajstić information content (AvgIpc) is 3.27. The molecule has 7 heteroatoms. The molecule has 3 atom stereocenters. The molecule has 0 spiro atoms. The van der Waals surface area contributed by atoms with Gasteiger partial charge in [0.25, 0.3) is 0 Å². The number of para-hydroxylation sites is 1. The third-order valence-electron chi connectivity index (χ3n) is 7.17. The summed E-state index contributed by atoms with van der Waals surface area (Å²) in [6, 6.07) is 8.12. The zero-order valence-corrected chi connectivity index (χ0v) is 22.4. The van der Waals surface area contributed by atoms with E-state index in [2.05, 4.69) is 37.5 Å². The van der Waals surface area contributed by atoms with Crippen LogP contribution in [0.2, 0.25) is 0 Å². The standard InChI is InChI=1S/C28H45N3O4/c1-20(18-29-5)30-26(32)31-15-10-12-22(19-31)28(33,14-7-8-16-34-6)23-13-9-11-21-17-24(27(2,3)4)35-25(21)23/h9,11,13,17,20,22,29,33H,7-8,10,12,14-16,18-19H2,1-6H3,(H,30,32). The number of furan rings is 1. The van der Waals surface area contributed by atoms with E-state index in [1.807, 2.05) is 37.1 Å². The van der Waals surface area contributed by atoms with Gasteiger partial charge in [-0.05, 0) is 52.1 Å². The van der Waals surface area contributed by atoms with Gasteiger partial charge in [-0.2, -0.15) is 0 Å². The minimum Gasteiger partial charge on any atom is -0.460 e. The van der Waals surface area contributed by atoms with Crippen molar-refractivity contribution in [3.8, 4) is 0 Å². The van der Waals surface area contributed by atoms with Crippen LogP contribution in [0, 0.1) is 5.92 Å². The topological polar surface area (TPSA) is 87.0 Å². The first-order valence-electron chi connectivity index (χ1n) is 13.0. The molecule has 3 N–H and O–H groups in total. The number of hydrogen-bond donors (Lipinski definition) is 3. The third kappa shape index (κ3) is 6.57. The highest BCUT2D eigenvalue weighted by Crippen LogP contribution is 2.44. The Morgan fingerprint density at radius 2 is 2.09 bits per heavy atom. The number of unbranched alkanes of at least 4 members (excludes halogenated alkanes) is 1. The Labute approximate surface area is 210 Å². The smallest absolute Gasteiger partial charge is 0.317 e. The molecule has 1 aliphatic heterocycles. The largest absolute Gasteiger partial charge is 0.460 e. The fraction of sp³-hybridized carbons (Fsp3) is 0.679. The Morgan fingerprint density at radius 3 is 2.77 bits per heavy atom. The Balaban J connectivity index is 1.93. The highest BCUT2D eigenvalue weighted by atomic mass is 16.5. The quantitative estimate of drug-likeness (QED) is 0.421. The number of nitrogens with one attached hydrogen (secondary N) is 2. The van der Waals surface area contributed by atoms with Crippen LogP contribution >= 0.6 is 0 Å². The van der Waals surface area contributed by atoms with Crippen molar-refractivity contribution in [2.24, 2.45) is 5.92 Å². The van der Waals surface area contributed by atoms with Gasteiger partial charge in [-0.25, -0.2) is 4.79 Å². The van der Waals surface area contributed by atoms with Crippen LogP contribution in [0.3, 0.4) is 0 Å². The van der Waals surface area contributed by atoms with Crippen LogP contribution in [0.5, 0.6) is 0 Å². The van der Waals surface area contributed by atoms with E-state index in [1.165, 1.54) is 0 Å². The van der Waals surface area contributed by atoms with Gasteiger partial charge in [0.2, 0.25) is 0 Å². The number of nitrogens with zero attached hydrogens (tertiary/aromatic N) is 1. The molecule has 196 valence electrons. The highest BCUT2D eigenvalue weighted by molar-refractivity contribution is 5.82. The van der Waals surface area contributed by atoms with E-state index in [4.69, 9.17) is 9.15 Å². The molecule has 1 aromatic heterocycles. The summed E-state index contributed by atoms with van der Waals surface area (Å²) >= 11 is 0. The summed E-state index contributed by atoms with van der Waals surface area (Å²) in [6.07, 6.45) is 4.02. The number of ether oxygens (including phenoxy) is 1. The molecule has 7 nitrogen and oxygen atoms in total. The lowest BCUT2D eigenvalue weighted by Crippen LogP contribution is -2.53. The number of methoxy groups -OCH3 is 1. The van der Waals surface area contributed by atoms with Gasteiger partial charge >= 0.3 is 6.03 Å². The molecule has 2 heterocycles. The molecule has 1 fully saturated rings. The van der Waals surface area contributed by atoms with Crippen molar-refractivity contribution in [3.63, 3.8) is 0 Å². The molecule has 3 rings (SSSR count). The van der Waals surface area contributed by atoms with E-state index in [1.54, 1.807) is 7.11 Å². The van der Waals surface area contributed by atoms with Crippen LogP contribution in [0.25, 0.3) is 11.0 Å². The van der Waals surface area contributed by atoms with Crippen molar-refractivity contribution < 1.29 is 19.1 Å². The fourth-order valence-electron chi connectivity index (χ4n) is 5.18. The summed E-state index contributed by atoms with van der Waals surface area (Å²) < 4.78 is 11.7. The van der Waals surface area contributed by atoms with E-state index in [-0.39, 0.29) is 23.4 Å². The number of carbonyl (C=O) groups is 1. The molecule has 2 amide bonds. The van der Waals surface area contributed by atoms with Crippen LogP contribution in [0.4, 0.5) is 4.79 Å². The van der Waals surface area contributed by atoms with E-state index >= 15 is 0 Å². The molecule has 0 bridgehead atoms. The van der Waals surface area contributed by atoms with E-state index in [0.29, 0.717) is 32.7 Å². The van der Waals surface area contributed by atoms with E-state index in [9.17, 15) is 9.90 Å². The fourth-order valence-corrected chi connectivity index (χ4v) is 5.18. The van der Waals surface area contributed by atoms with Gasteiger partial charge in [-0.1, -0.05) is 39.0 Å². The molecule has 35 heavy (non-hydrogen) atoms. The van der Waals surface area contributed by atoms with Gasteiger partial charge < -0.3 is 29.8 Å². The second-order valence-corrected chi connectivity index (χ2v) is 11.2. The second kappa shape index (κ2) is 11.8. The van der Waals surface area contributed by atoms with Crippen LogP contribution < -0.4 is 10.6 Å². The first-order chi connectivity index (χ1) is 16.6.